The van der Waals surface area contributed by atoms with Crippen molar-refractivity contribution in [3.63, 3.8) is 0 Å². The van der Waals surface area contributed by atoms with Crippen molar-refractivity contribution in [3.05, 3.63) is 51.1 Å². The van der Waals surface area contributed by atoms with E-state index in [0.29, 0.717) is 21.3 Å². The number of pyridine rings is 1. The Morgan fingerprint density at radius 2 is 1.78 bits per heavy atom. The van der Waals surface area contributed by atoms with Crippen molar-refractivity contribution in [2.75, 3.05) is 0 Å². The average molecular weight is 303 g/mol. The zero-order chi connectivity index (χ0) is 13.3. The van der Waals surface area contributed by atoms with Gasteiger partial charge in [-0.05, 0) is 24.3 Å². The van der Waals surface area contributed by atoms with Crippen LogP contribution in [0, 0.1) is 0 Å². The van der Waals surface area contributed by atoms with Gasteiger partial charge in [-0.3, -0.25) is 0 Å². The lowest BCUT2D eigenvalue weighted by Gasteiger charge is -2.05. The van der Waals surface area contributed by atoms with Gasteiger partial charge in [-0.1, -0.05) is 40.9 Å². The van der Waals surface area contributed by atoms with Crippen LogP contribution in [0.4, 0.5) is 0 Å². The fourth-order valence-corrected chi connectivity index (χ4v) is 1.94. The zero-order valence-electron chi connectivity index (χ0n) is 8.82. The molecular formula is C12H6Cl3NO2. The Hall–Kier alpha value is -1.29. The van der Waals surface area contributed by atoms with Gasteiger partial charge < -0.3 is 5.11 Å². The molecule has 1 aromatic carbocycles. The second kappa shape index (κ2) is 5.14. The summed E-state index contributed by atoms with van der Waals surface area (Å²) in [6.45, 7) is 0. The second-order valence-corrected chi connectivity index (χ2v) is 4.64. The number of carbonyl (C=O) groups is 1. The van der Waals surface area contributed by atoms with Crippen molar-refractivity contribution in [1.82, 2.24) is 4.98 Å². The molecule has 0 aliphatic heterocycles. The molecule has 1 N–H and O–H groups in total. The number of aromatic nitrogens is 1. The maximum Gasteiger partial charge on any atom is 0.338 e. The lowest BCUT2D eigenvalue weighted by Crippen LogP contribution is -1.99. The molecule has 0 saturated carbocycles. The standard InChI is InChI=1S/C12H6Cl3NO2/c13-8-3-1-6(5-9(8)14)10-4-2-7(12(17)18)11(15)16-10/h1-5H,(H,17,18). The summed E-state index contributed by atoms with van der Waals surface area (Å²) in [5, 5.41) is 9.62. The van der Waals surface area contributed by atoms with Gasteiger partial charge in [-0.2, -0.15) is 0 Å². The summed E-state index contributed by atoms with van der Waals surface area (Å²) >= 11 is 17.5. The Labute approximate surface area is 118 Å². The van der Waals surface area contributed by atoms with E-state index in [4.69, 9.17) is 39.9 Å². The molecule has 0 aliphatic rings. The molecule has 6 heteroatoms. The third-order valence-corrected chi connectivity index (χ3v) is 3.32. The Kier molecular flexibility index (Phi) is 3.76. The van der Waals surface area contributed by atoms with Crippen LogP contribution in [0.5, 0.6) is 0 Å². The van der Waals surface area contributed by atoms with Crippen molar-refractivity contribution >= 4 is 40.8 Å². The Bertz CT molecular complexity index is 629. The molecular weight excluding hydrogens is 296 g/mol. The smallest absolute Gasteiger partial charge is 0.338 e. The van der Waals surface area contributed by atoms with Gasteiger partial charge in [0.2, 0.25) is 0 Å². The second-order valence-electron chi connectivity index (χ2n) is 3.47. The number of nitrogens with zero attached hydrogens (tertiary/aromatic N) is 1. The van der Waals surface area contributed by atoms with Gasteiger partial charge in [-0.15, -0.1) is 0 Å². The Morgan fingerprint density at radius 3 is 2.33 bits per heavy atom. The maximum atomic E-state index is 10.8. The number of hydrogen-bond donors (Lipinski definition) is 1. The van der Waals surface area contributed by atoms with Crippen LogP contribution < -0.4 is 0 Å². The van der Waals surface area contributed by atoms with Gasteiger partial charge in [0, 0.05) is 5.56 Å². The van der Waals surface area contributed by atoms with Crippen molar-refractivity contribution in [3.8, 4) is 11.3 Å². The van der Waals surface area contributed by atoms with Gasteiger partial charge in [0.05, 0.1) is 21.3 Å². The molecule has 0 atom stereocenters. The van der Waals surface area contributed by atoms with E-state index in [2.05, 4.69) is 4.98 Å². The third kappa shape index (κ3) is 2.58. The van der Waals surface area contributed by atoms with E-state index in [-0.39, 0.29) is 10.7 Å². The fraction of sp³-hybridized carbons (Fsp3) is 0. The molecule has 0 amide bonds. The van der Waals surface area contributed by atoms with Gasteiger partial charge >= 0.3 is 5.97 Å². The minimum absolute atomic E-state index is 0.0412. The van der Waals surface area contributed by atoms with Gasteiger partial charge in [0.15, 0.2) is 0 Å². The van der Waals surface area contributed by atoms with Gasteiger partial charge in [0.25, 0.3) is 0 Å². The highest BCUT2D eigenvalue weighted by Gasteiger charge is 2.11. The molecule has 0 saturated heterocycles. The molecule has 0 unspecified atom stereocenters. The highest BCUT2D eigenvalue weighted by molar-refractivity contribution is 6.42. The maximum absolute atomic E-state index is 10.8. The molecule has 0 radical (unpaired) electrons. The first-order valence-electron chi connectivity index (χ1n) is 4.84. The minimum atomic E-state index is -1.12. The van der Waals surface area contributed by atoms with Crippen molar-refractivity contribution in [2.24, 2.45) is 0 Å². The molecule has 2 aromatic rings. The van der Waals surface area contributed by atoms with E-state index in [0.717, 1.165) is 0 Å². The summed E-state index contributed by atoms with van der Waals surface area (Å²) in [6.07, 6.45) is 0. The zero-order valence-corrected chi connectivity index (χ0v) is 11.1. The van der Waals surface area contributed by atoms with E-state index >= 15 is 0 Å². The summed E-state index contributed by atoms with van der Waals surface area (Å²) in [6, 6.07) is 7.97. The van der Waals surface area contributed by atoms with E-state index in [1.54, 1.807) is 24.3 Å². The van der Waals surface area contributed by atoms with E-state index in [1.165, 1.54) is 6.07 Å². The van der Waals surface area contributed by atoms with Crippen LogP contribution in [-0.4, -0.2) is 16.1 Å². The highest BCUT2D eigenvalue weighted by Crippen LogP contribution is 2.28. The van der Waals surface area contributed by atoms with Gasteiger partial charge in [-0.25, -0.2) is 9.78 Å². The van der Waals surface area contributed by atoms with Crippen LogP contribution in [0.15, 0.2) is 30.3 Å². The largest absolute Gasteiger partial charge is 0.478 e. The van der Waals surface area contributed by atoms with Crippen LogP contribution in [0.25, 0.3) is 11.3 Å². The summed E-state index contributed by atoms with van der Waals surface area (Å²) in [4.78, 5) is 14.8. The predicted molar refractivity (Wildman–Crippen MR) is 71.7 cm³/mol. The normalized spacial score (nSPS) is 10.4. The number of benzene rings is 1. The summed E-state index contributed by atoms with van der Waals surface area (Å²) in [7, 11) is 0. The monoisotopic (exact) mass is 301 g/mol. The van der Waals surface area contributed by atoms with E-state index in [1.807, 2.05) is 0 Å². The lowest BCUT2D eigenvalue weighted by atomic mass is 10.1. The number of rotatable bonds is 2. The highest BCUT2D eigenvalue weighted by atomic mass is 35.5. The van der Waals surface area contributed by atoms with Crippen molar-refractivity contribution in [2.45, 2.75) is 0 Å². The summed E-state index contributed by atoms with van der Waals surface area (Å²) in [5.74, 6) is -1.12. The molecule has 3 nitrogen and oxygen atoms in total. The minimum Gasteiger partial charge on any atom is -0.478 e. The molecule has 92 valence electrons. The first-order valence-corrected chi connectivity index (χ1v) is 5.97. The van der Waals surface area contributed by atoms with Crippen LogP contribution in [0.2, 0.25) is 15.2 Å². The average Bonchev–Trinajstić information content (AvgIpc) is 2.32. The Balaban J connectivity index is 2.48. The number of carboxylic acid groups (broad SMARTS) is 1. The van der Waals surface area contributed by atoms with E-state index < -0.39 is 5.97 Å². The molecule has 18 heavy (non-hydrogen) atoms. The van der Waals surface area contributed by atoms with Crippen molar-refractivity contribution < 1.29 is 9.90 Å². The van der Waals surface area contributed by atoms with Crippen LogP contribution >= 0.6 is 34.8 Å². The molecule has 1 aromatic heterocycles. The first-order chi connectivity index (χ1) is 8.49. The number of carboxylic acids is 1. The topological polar surface area (TPSA) is 50.2 Å². The molecule has 1 heterocycles. The molecule has 0 bridgehead atoms. The molecule has 0 spiro atoms. The first kappa shape index (κ1) is 13.1. The summed E-state index contributed by atoms with van der Waals surface area (Å²) in [5.41, 5.74) is 1.20. The predicted octanol–water partition coefficient (Wildman–Crippen LogP) is 4.41. The number of halogens is 3. The number of aromatic carboxylic acids is 1. The fourth-order valence-electron chi connectivity index (χ4n) is 1.41. The third-order valence-electron chi connectivity index (χ3n) is 2.29. The van der Waals surface area contributed by atoms with E-state index in [9.17, 15) is 4.79 Å². The lowest BCUT2D eigenvalue weighted by molar-refractivity contribution is 0.0696. The van der Waals surface area contributed by atoms with Crippen molar-refractivity contribution in [1.29, 1.82) is 0 Å². The van der Waals surface area contributed by atoms with Crippen LogP contribution in [-0.2, 0) is 0 Å². The molecule has 0 fully saturated rings. The summed E-state index contributed by atoms with van der Waals surface area (Å²) < 4.78 is 0. The number of hydrogen-bond acceptors (Lipinski definition) is 2. The van der Waals surface area contributed by atoms with Crippen LogP contribution in [0.1, 0.15) is 10.4 Å². The molecule has 2 rings (SSSR count). The van der Waals surface area contributed by atoms with Gasteiger partial charge in [0.1, 0.15) is 5.15 Å². The quantitative estimate of drug-likeness (QED) is 0.836. The SMILES string of the molecule is O=C(O)c1ccc(-c2ccc(Cl)c(Cl)c2)nc1Cl. The van der Waals surface area contributed by atoms with Crippen LogP contribution in [0.3, 0.4) is 0 Å². The Morgan fingerprint density at radius 1 is 1.06 bits per heavy atom. The molecule has 0 aliphatic carbocycles.